The lowest BCUT2D eigenvalue weighted by molar-refractivity contribution is -0.384. The molecule has 1 aliphatic rings. The van der Waals surface area contributed by atoms with Crippen LogP contribution in [0.5, 0.6) is 11.5 Å². The lowest BCUT2D eigenvalue weighted by atomic mass is 9.96. The van der Waals surface area contributed by atoms with Gasteiger partial charge in [0.15, 0.2) is 11.5 Å². The molecule has 1 heterocycles. The van der Waals surface area contributed by atoms with Gasteiger partial charge in [-0.3, -0.25) is 14.9 Å². The maximum atomic E-state index is 12.9. The van der Waals surface area contributed by atoms with Gasteiger partial charge in [0.05, 0.1) is 22.6 Å². The lowest BCUT2D eigenvalue weighted by Crippen LogP contribution is -2.13. The first-order valence-electron chi connectivity index (χ1n) is 11.6. The summed E-state index contributed by atoms with van der Waals surface area (Å²) in [5.41, 5.74) is 2.38. The first kappa shape index (κ1) is 26.7. The van der Waals surface area contributed by atoms with E-state index in [1.807, 2.05) is 6.07 Å². The highest BCUT2D eigenvalue weighted by Gasteiger charge is 2.23. The Morgan fingerprint density at radius 2 is 1.97 bits per heavy atom. The fraction of sp³-hybridized carbons (Fsp3) is 0.222. The number of hydrogen-bond donors (Lipinski definition) is 1. The van der Waals surface area contributed by atoms with E-state index in [9.17, 15) is 25.4 Å². The van der Waals surface area contributed by atoms with E-state index < -0.39 is 10.8 Å². The number of nitrogens with one attached hydrogen (secondary N) is 1. The molecule has 1 aliphatic carbocycles. The van der Waals surface area contributed by atoms with Gasteiger partial charge in [-0.05, 0) is 72.7 Å². The number of nitrogens with zero attached hydrogens (tertiary/aromatic N) is 3. The number of nitriles is 2. The molecule has 0 saturated carbocycles. The molecule has 1 N–H and O–H groups in total. The Morgan fingerprint density at radius 3 is 2.63 bits per heavy atom. The molecule has 0 spiro atoms. The van der Waals surface area contributed by atoms with E-state index >= 15 is 0 Å². The van der Waals surface area contributed by atoms with Crippen LogP contribution in [0.15, 0.2) is 42.0 Å². The highest BCUT2D eigenvalue weighted by atomic mass is 35.5. The molecule has 1 aromatic heterocycles. The second-order valence-corrected chi connectivity index (χ2v) is 9.91. The van der Waals surface area contributed by atoms with Gasteiger partial charge in [0.25, 0.3) is 11.6 Å². The number of benzene rings is 2. The van der Waals surface area contributed by atoms with Crippen molar-refractivity contribution in [3.8, 4) is 23.6 Å². The monoisotopic (exact) mass is 548 g/mol. The molecule has 3 aromatic rings. The number of fused-ring (bicyclic) bond motifs is 1. The number of carbonyl (C=O) groups is 1. The maximum Gasteiger partial charge on any atom is 0.269 e. The molecule has 38 heavy (non-hydrogen) atoms. The molecule has 0 fully saturated rings. The summed E-state index contributed by atoms with van der Waals surface area (Å²) in [5.74, 6) is -0.104. The van der Waals surface area contributed by atoms with Gasteiger partial charge in [0.2, 0.25) is 0 Å². The highest BCUT2D eigenvalue weighted by molar-refractivity contribution is 7.16. The Morgan fingerprint density at radius 1 is 1.24 bits per heavy atom. The molecule has 4 rings (SSSR count). The van der Waals surface area contributed by atoms with Crippen LogP contribution in [0.4, 0.5) is 10.7 Å². The van der Waals surface area contributed by atoms with Crippen LogP contribution in [0.1, 0.15) is 40.0 Å². The molecule has 0 saturated heterocycles. The standard InChI is InChI=1S/C27H21ClN4O5S/c1-36-23-12-17(11-22(28)25(23)37-15-16-6-8-19(9-7-16)32(34)35)10-18(13-29)26(33)31-27-21(14-30)20-4-2-3-5-24(20)38-27/h6-12H,2-5,15H2,1H3,(H,31,33)/b18-10+. The molecule has 1 amide bonds. The molecular formula is C27H21ClN4O5S. The first-order chi connectivity index (χ1) is 18.3. The molecule has 192 valence electrons. The summed E-state index contributed by atoms with van der Waals surface area (Å²) in [4.78, 5) is 24.4. The molecule has 2 aromatic carbocycles. The van der Waals surface area contributed by atoms with Crippen molar-refractivity contribution in [2.45, 2.75) is 32.3 Å². The summed E-state index contributed by atoms with van der Waals surface area (Å²) >= 11 is 7.82. The summed E-state index contributed by atoms with van der Waals surface area (Å²) in [6, 6.07) is 13.1. The number of methoxy groups -OCH3 is 1. The van der Waals surface area contributed by atoms with Gasteiger partial charge in [-0.25, -0.2) is 0 Å². The normalized spacial score (nSPS) is 12.6. The predicted octanol–water partition coefficient (Wildman–Crippen LogP) is 6.19. The number of anilines is 1. The van der Waals surface area contributed by atoms with Crippen LogP contribution in [0, 0.1) is 32.8 Å². The van der Waals surface area contributed by atoms with E-state index in [1.165, 1.54) is 42.7 Å². The summed E-state index contributed by atoms with van der Waals surface area (Å²) < 4.78 is 11.2. The molecule has 0 unspecified atom stereocenters. The van der Waals surface area contributed by atoms with Gasteiger partial charge in [-0.1, -0.05) is 11.6 Å². The zero-order valence-electron chi connectivity index (χ0n) is 20.2. The minimum atomic E-state index is -0.629. The van der Waals surface area contributed by atoms with Crippen LogP contribution < -0.4 is 14.8 Å². The number of non-ortho nitro benzene ring substituents is 1. The maximum absolute atomic E-state index is 12.9. The van der Waals surface area contributed by atoms with Crippen molar-refractivity contribution in [2.75, 3.05) is 12.4 Å². The van der Waals surface area contributed by atoms with E-state index in [1.54, 1.807) is 18.2 Å². The van der Waals surface area contributed by atoms with Crippen LogP contribution in [-0.2, 0) is 24.2 Å². The zero-order valence-corrected chi connectivity index (χ0v) is 21.8. The van der Waals surface area contributed by atoms with Crippen molar-refractivity contribution in [2.24, 2.45) is 0 Å². The van der Waals surface area contributed by atoms with Crippen molar-refractivity contribution >= 4 is 45.6 Å². The topological polar surface area (TPSA) is 138 Å². The van der Waals surface area contributed by atoms with Gasteiger partial charge in [0.1, 0.15) is 29.3 Å². The third-order valence-corrected chi connectivity index (χ3v) is 7.46. The average molecular weight is 549 g/mol. The van der Waals surface area contributed by atoms with Crippen molar-refractivity contribution in [3.63, 3.8) is 0 Å². The van der Waals surface area contributed by atoms with Crippen LogP contribution in [-0.4, -0.2) is 17.9 Å². The SMILES string of the molecule is COc1cc(/C=C(\C#N)C(=O)Nc2sc3c(c2C#N)CCCC3)cc(Cl)c1OCc1ccc([N+](=O)[O-])cc1. The zero-order chi connectivity index (χ0) is 27.2. The second-order valence-electron chi connectivity index (χ2n) is 8.40. The van der Waals surface area contributed by atoms with E-state index in [-0.39, 0.29) is 34.4 Å². The summed E-state index contributed by atoms with van der Waals surface area (Å²) in [6.45, 7) is 0.0845. The van der Waals surface area contributed by atoms with Gasteiger partial charge in [-0.2, -0.15) is 10.5 Å². The lowest BCUT2D eigenvalue weighted by Gasteiger charge is -2.13. The second kappa shape index (κ2) is 11.8. The van der Waals surface area contributed by atoms with E-state index in [4.69, 9.17) is 21.1 Å². The van der Waals surface area contributed by atoms with Crippen molar-refractivity contribution in [3.05, 3.63) is 84.2 Å². The van der Waals surface area contributed by atoms with E-state index in [2.05, 4.69) is 11.4 Å². The minimum Gasteiger partial charge on any atom is -0.493 e. The fourth-order valence-electron chi connectivity index (χ4n) is 4.09. The number of ether oxygens (including phenoxy) is 2. The van der Waals surface area contributed by atoms with Gasteiger partial charge >= 0.3 is 0 Å². The number of nitro benzene ring substituents is 1. The van der Waals surface area contributed by atoms with Crippen molar-refractivity contribution in [1.82, 2.24) is 0 Å². The van der Waals surface area contributed by atoms with E-state index in [0.717, 1.165) is 36.1 Å². The first-order valence-corrected chi connectivity index (χ1v) is 12.8. The number of halogens is 1. The number of nitro groups is 1. The Bertz CT molecular complexity index is 1520. The Kier molecular flexibility index (Phi) is 8.27. The highest BCUT2D eigenvalue weighted by Crippen LogP contribution is 2.39. The number of carbonyl (C=O) groups excluding carboxylic acids is 1. The van der Waals surface area contributed by atoms with Crippen molar-refractivity contribution in [1.29, 1.82) is 10.5 Å². The van der Waals surface area contributed by atoms with Crippen LogP contribution in [0.3, 0.4) is 0 Å². The molecule has 11 heteroatoms. The molecular weight excluding hydrogens is 528 g/mol. The van der Waals surface area contributed by atoms with Gasteiger partial charge in [0, 0.05) is 17.0 Å². The summed E-state index contributed by atoms with van der Waals surface area (Å²) in [7, 11) is 1.43. The molecule has 9 nitrogen and oxygen atoms in total. The van der Waals surface area contributed by atoms with Gasteiger partial charge in [-0.15, -0.1) is 11.3 Å². The van der Waals surface area contributed by atoms with Crippen LogP contribution in [0.25, 0.3) is 6.08 Å². The number of amides is 1. The Hall–Kier alpha value is -4.38. The molecule has 0 aliphatic heterocycles. The summed E-state index contributed by atoms with van der Waals surface area (Å²) in [6.07, 6.45) is 5.12. The average Bonchev–Trinajstić information content (AvgIpc) is 3.27. The smallest absolute Gasteiger partial charge is 0.269 e. The quantitative estimate of drug-likeness (QED) is 0.153. The fourth-order valence-corrected chi connectivity index (χ4v) is 5.60. The molecule has 0 atom stereocenters. The predicted molar refractivity (Wildman–Crippen MR) is 143 cm³/mol. The molecule has 0 bridgehead atoms. The third kappa shape index (κ3) is 5.78. The number of rotatable bonds is 8. The van der Waals surface area contributed by atoms with E-state index in [0.29, 0.717) is 21.7 Å². The largest absolute Gasteiger partial charge is 0.493 e. The summed E-state index contributed by atoms with van der Waals surface area (Å²) in [5, 5.41) is 33.5. The molecule has 0 radical (unpaired) electrons. The Labute approximate surface area is 227 Å². The number of aryl methyl sites for hydroxylation is 1. The third-order valence-electron chi connectivity index (χ3n) is 5.97. The number of hydrogen-bond acceptors (Lipinski definition) is 8. The minimum absolute atomic E-state index is 0.0274. The van der Waals surface area contributed by atoms with Crippen LogP contribution >= 0.6 is 22.9 Å². The Balaban J connectivity index is 1.53. The van der Waals surface area contributed by atoms with Gasteiger partial charge < -0.3 is 14.8 Å². The van der Waals surface area contributed by atoms with Crippen molar-refractivity contribution < 1.29 is 19.2 Å². The number of thiophene rings is 1. The van der Waals surface area contributed by atoms with Crippen LogP contribution in [0.2, 0.25) is 5.02 Å².